The molecular formula is C18H24N6O3S. The van der Waals surface area contributed by atoms with Crippen LogP contribution in [-0.2, 0) is 14.8 Å². The molecule has 2 unspecified atom stereocenters. The molecule has 0 saturated carbocycles. The Hall–Kier alpha value is -2.30. The van der Waals surface area contributed by atoms with Gasteiger partial charge in [0, 0.05) is 25.0 Å². The summed E-state index contributed by atoms with van der Waals surface area (Å²) >= 11 is 0. The van der Waals surface area contributed by atoms with Gasteiger partial charge in [-0.05, 0) is 32.9 Å². The first-order valence-corrected chi connectivity index (χ1v) is 10.9. The van der Waals surface area contributed by atoms with E-state index in [4.69, 9.17) is 4.74 Å². The van der Waals surface area contributed by atoms with Gasteiger partial charge in [0.1, 0.15) is 5.82 Å². The van der Waals surface area contributed by atoms with E-state index in [9.17, 15) is 8.42 Å². The number of nitrogens with one attached hydrogen (secondary N) is 1. The fourth-order valence-electron chi connectivity index (χ4n) is 3.55. The van der Waals surface area contributed by atoms with Gasteiger partial charge in [0.25, 0.3) is 0 Å². The van der Waals surface area contributed by atoms with Gasteiger partial charge in [-0.25, -0.2) is 18.4 Å². The third-order valence-electron chi connectivity index (χ3n) is 4.71. The fourth-order valence-corrected chi connectivity index (χ4v) is 5.04. The van der Waals surface area contributed by atoms with Crippen molar-refractivity contribution < 1.29 is 13.2 Å². The minimum absolute atomic E-state index is 0.0316. The third kappa shape index (κ3) is 3.67. The lowest BCUT2D eigenvalue weighted by molar-refractivity contribution is -0.0440. The molecule has 4 rings (SSSR count). The smallest absolute Gasteiger partial charge is 0.226 e. The molecule has 3 heterocycles. The zero-order valence-corrected chi connectivity index (χ0v) is 17.0. The number of aryl methyl sites for hydroxylation is 1. The van der Waals surface area contributed by atoms with Crippen LogP contribution in [0.4, 0.5) is 5.95 Å². The summed E-state index contributed by atoms with van der Waals surface area (Å²) in [5.74, 6) is 1.08. The maximum atomic E-state index is 12.7. The Kier molecular flexibility index (Phi) is 4.94. The van der Waals surface area contributed by atoms with Gasteiger partial charge in [0.15, 0.2) is 5.65 Å². The Morgan fingerprint density at radius 3 is 2.64 bits per heavy atom. The van der Waals surface area contributed by atoms with Crippen molar-refractivity contribution in [1.82, 2.24) is 23.9 Å². The number of para-hydroxylation sites is 1. The largest absolute Gasteiger partial charge is 0.373 e. The van der Waals surface area contributed by atoms with Crippen molar-refractivity contribution in [2.45, 2.75) is 33.0 Å². The normalized spacial score (nSPS) is 21.4. The number of benzene rings is 1. The number of nitrogens with zero attached hydrogens (tertiary/aromatic N) is 5. The molecule has 0 aliphatic carbocycles. The summed E-state index contributed by atoms with van der Waals surface area (Å²) in [5, 5.41) is 8.42. The van der Waals surface area contributed by atoms with E-state index in [1.165, 1.54) is 4.31 Å². The number of hydrogen-bond donors (Lipinski definition) is 1. The number of sulfonamides is 1. The van der Waals surface area contributed by atoms with Gasteiger partial charge >= 0.3 is 0 Å². The molecule has 1 aromatic carbocycles. The topological polar surface area (TPSA) is 102 Å². The second-order valence-electron chi connectivity index (χ2n) is 7.16. The predicted molar refractivity (Wildman–Crippen MR) is 107 cm³/mol. The summed E-state index contributed by atoms with van der Waals surface area (Å²) in [5.41, 5.74) is 1.48. The maximum absolute atomic E-state index is 12.7. The highest BCUT2D eigenvalue weighted by atomic mass is 32.2. The van der Waals surface area contributed by atoms with Gasteiger partial charge in [-0.15, -0.1) is 5.10 Å². The van der Waals surface area contributed by atoms with E-state index in [2.05, 4.69) is 20.4 Å². The van der Waals surface area contributed by atoms with Crippen LogP contribution in [0, 0.1) is 6.92 Å². The number of morpholine rings is 1. The zero-order valence-electron chi connectivity index (χ0n) is 16.2. The van der Waals surface area contributed by atoms with Crippen molar-refractivity contribution in [3.63, 3.8) is 0 Å². The molecule has 1 saturated heterocycles. The molecule has 1 fully saturated rings. The van der Waals surface area contributed by atoms with Crippen molar-refractivity contribution in [2.24, 2.45) is 0 Å². The van der Waals surface area contributed by atoms with Crippen LogP contribution in [0.15, 0.2) is 24.3 Å². The van der Waals surface area contributed by atoms with E-state index >= 15 is 0 Å². The SMILES string of the molecule is Cc1nc2c3ccccc3nc(NCCS(=O)(=O)N3CC(C)OC(C)C3)n2n1. The monoisotopic (exact) mass is 404 g/mol. The van der Waals surface area contributed by atoms with Gasteiger partial charge in [-0.3, -0.25) is 0 Å². The van der Waals surface area contributed by atoms with Gasteiger partial charge in [0.05, 0.1) is 23.5 Å². The number of ether oxygens (including phenoxy) is 1. The van der Waals surface area contributed by atoms with E-state index in [0.29, 0.717) is 30.5 Å². The van der Waals surface area contributed by atoms with Crippen LogP contribution in [0.5, 0.6) is 0 Å². The quantitative estimate of drug-likeness (QED) is 0.686. The lowest BCUT2D eigenvalue weighted by atomic mass is 10.2. The van der Waals surface area contributed by atoms with Crippen LogP contribution in [0.25, 0.3) is 16.6 Å². The summed E-state index contributed by atoms with van der Waals surface area (Å²) in [7, 11) is -3.39. The molecular weight excluding hydrogens is 380 g/mol. The molecule has 0 radical (unpaired) electrons. The first-order valence-electron chi connectivity index (χ1n) is 9.33. The van der Waals surface area contributed by atoms with Crippen molar-refractivity contribution >= 4 is 32.5 Å². The zero-order chi connectivity index (χ0) is 19.9. The molecule has 0 bridgehead atoms. The molecule has 2 aromatic heterocycles. The van der Waals surface area contributed by atoms with Crippen LogP contribution in [-0.4, -0.2) is 69.9 Å². The number of rotatable bonds is 5. The first-order chi connectivity index (χ1) is 13.3. The summed E-state index contributed by atoms with van der Waals surface area (Å²) in [4.78, 5) is 9.07. The Morgan fingerprint density at radius 1 is 1.18 bits per heavy atom. The molecule has 1 aliphatic rings. The van der Waals surface area contributed by atoms with E-state index in [1.807, 2.05) is 45.0 Å². The molecule has 3 aromatic rings. The van der Waals surface area contributed by atoms with Crippen LogP contribution >= 0.6 is 0 Å². The number of hydrogen-bond acceptors (Lipinski definition) is 7. The van der Waals surface area contributed by atoms with E-state index in [-0.39, 0.29) is 24.5 Å². The van der Waals surface area contributed by atoms with Gasteiger partial charge < -0.3 is 10.1 Å². The standard InChI is InChI=1S/C18H24N6O3S/c1-12-10-23(11-13(2)27-12)28(25,26)9-8-19-18-21-16-7-5-4-6-15(16)17-20-14(3)22-24(17)18/h4-7,12-13H,8-11H2,1-3H3,(H,19,21). The molecule has 0 spiro atoms. The highest BCUT2D eigenvalue weighted by Gasteiger charge is 2.30. The summed E-state index contributed by atoms with van der Waals surface area (Å²) in [6.07, 6.45) is -0.210. The fraction of sp³-hybridized carbons (Fsp3) is 0.500. The van der Waals surface area contributed by atoms with Crippen molar-refractivity contribution in [2.75, 3.05) is 30.7 Å². The molecule has 2 atom stereocenters. The average molecular weight is 404 g/mol. The number of fused-ring (bicyclic) bond motifs is 3. The minimum atomic E-state index is -3.39. The Balaban J connectivity index is 1.54. The van der Waals surface area contributed by atoms with Crippen LogP contribution in [0.2, 0.25) is 0 Å². The molecule has 9 nitrogen and oxygen atoms in total. The third-order valence-corrected chi connectivity index (χ3v) is 6.51. The van der Waals surface area contributed by atoms with Crippen molar-refractivity contribution in [3.05, 3.63) is 30.1 Å². The second kappa shape index (κ2) is 7.26. The van der Waals surface area contributed by atoms with E-state index < -0.39 is 10.0 Å². The molecule has 1 N–H and O–H groups in total. The van der Waals surface area contributed by atoms with E-state index in [1.54, 1.807) is 4.52 Å². The summed E-state index contributed by atoms with van der Waals surface area (Å²) in [6, 6.07) is 7.68. The Labute approximate surface area is 163 Å². The predicted octanol–water partition coefficient (Wildman–Crippen LogP) is 1.44. The highest BCUT2D eigenvalue weighted by Crippen LogP contribution is 2.20. The molecule has 10 heteroatoms. The molecule has 0 amide bonds. The minimum Gasteiger partial charge on any atom is -0.373 e. The Bertz CT molecular complexity index is 1100. The number of anilines is 1. The van der Waals surface area contributed by atoms with Crippen molar-refractivity contribution in [3.8, 4) is 0 Å². The first kappa shape index (κ1) is 19.0. The van der Waals surface area contributed by atoms with Crippen LogP contribution in [0.1, 0.15) is 19.7 Å². The maximum Gasteiger partial charge on any atom is 0.226 e. The van der Waals surface area contributed by atoms with Crippen LogP contribution < -0.4 is 5.32 Å². The molecule has 28 heavy (non-hydrogen) atoms. The summed E-state index contributed by atoms with van der Waals surface area (Å²) in [6.45, 7) is 6.58. The van der Waals surface area contributed by atoms with E-state index in [0.717, 1.165) is 10.9 Å². The average Bonchev–Trinajstić information content (AvgIpc) is 3.03. The van der Waals surface area contributed by atoms with Gasteiger partial charge in [-0.1, -0.05) is 12.1 Å². The highest BCUT2D eigenvalue weighted by molar-refractivity contribution is 7.89. The van der Waals surface area contributed by atoms with Crippen molar-refractivity contribution in [1.29, 1.82) is 0 Å². The van der Waals surface area contributed by atoms with Gasteiger partial charge in [0.2, 0.25) is 16.0 Å². The molecule has 1 aliphatic heterocycles. The van der Waals surface area contributed by atoms with Gasteiger partial charge in [-0.2, -0.15) is 8.82 Å². The summed E-state index contributed by atoms with van der Waals surface area (Å²) < 4.78 is 34.2. The Morgan fingerprint density at radius 2 is 1.89 bits per heavy atom. The lowest BCUT2D eigenvalue weighted by Crippen LogP contribution is -2.49. The second-order valence-corrected chi connectivity index (χ2v) is 9.25. The number of aromatic nitrogens is 4. The lowest BCUT2D eigenvalue weighted by Gasteiger charge is -2.34. The molecule has 150 valence electrons. The van der Waals surface area contributed by atoms with Crippen LogP contribution in [0.3, 0.4) is 0 Å².